The zero-order valence-electron chi connectivity index (χ0n) is 12.0. The first-order valence-corrected chi connectivity index (χ1v) is 9.33. The van der Waals surface area contributed by atoms with Gasteiger partial charge in [-0.1, -0.05) is 30.2 Å². The second kappa shape index (κ2) is 6.04. The molecule has 1 aliphatic rings. The van der Waals surface area contributed by atoms with Crippen molar-refractivity contribution in [2.75, 3.05) is 6.26 Å². The largest absolute Gasteiger partial charge is 0.324 e. The van der Waals surface area contributed by atoms with Crippen molar-refractivity contribution in [3.63, 3.8) is 0 Å². The Kier molecular flexibility index (Phi) is 4.77. The Morgan fingerprint density at radius 1 is 1.35 bits per heavy atom. The van der Waals surface area contributed by atoms with Crippen molar-refractivity contribution < 1.29 is 8.42 Å². The smallest absolute Gasteiger partial charge is 0.150 e. The molecule has 0 spiro atoms. The van der Waals surface area contributed by atoms with Crippen LogP contribution in [0.15, 0.2) is 18.2 Å². The van der Waals surface area contributed by atoms with Gasteiger partial charge in [-0.25, -0.2) is 8.42 Å². The Morgan fingerprint density at radius 2 is 2.05 bits per heavy atom. The number of aryl methyl sites for hydroxylation is 1. The molecule has 1 aromatic carbocycles. The van der Waals surface area contributed by atoms with E-state index in [1.165, 1.54) is 6.26 Å². The quantitative estimate of drug-likeness (QED) is 0.931. The molecule has 3 nitrogen and oxygen atoms in total. The highest BCUT2D eigenvalue weighted by molar-refractivity contribution is 7.91. The van der Waals surface area contributed by atoms with Crippen LogP contribution in [0.1, 0.15) is 42.9 Å². The molecule has 5 heteroatoms. The van der Waals surface area contributed by atoms with Crippen LogP contribution in [0.2, 0.25) is 5.02 Å². The summed E-state index contributed by atoms with van der Waals surface area (Å²) in [6.07, 6.45) is 4.69. The van der Waals surface area contributed by atoms with E-state index in [-0.39, 0.29) is 17.2 Å². The first-order chi connectivity index (χ1) is 9.29. The van der Waals surface area contributed by atoms with Gasteiger partial charge in [-0.3, -0.25) is 0 Å². The zero-order valence-corrected chi connectivity index (χ0v) is 13.5. The lowest BCUT2D eigenvalue weighted by Crippen LogP contribution is -2.33. The lowest BCUT2D eigenvalue weighted by atomic mass is 9.81. The summed E-state index contributed by atoms with van der Waals surface area (Å²) >= 11 is 6.03. The van der Waals surface area contributed by atoms with Crippen molar-refractivity contribution in [2.45, 2.75) is 43.9 Å². The fourth-order valence-electron chi connectivity index (χ4n) is 3.04. The molecular weight excluding hydrogens is 294 g/mol. The van der Waals surface area contributed by atoms with Gasteiger partial charge >= 0.3 is 0 Å². The fourth-order valence-corrected chi connectivity index (χ4v) is 4.35. The van der Waals surface area contributed by atoms with E-state index in [9.17, 15) is 8.42 Å². The molecule has 2 rings (SSSR count). The van der Waals surface area contributed by atoms with Gasteiger partial charge in [0.15, 0.2) is 0 Å². The van der Waals surface area contributed by atoms with Crippen LogP contribution in [0.3, 0.4) is 0 Å². The molecule has 0 saturated heterocycles. The maximum atomic E-state index is 11.7. The van der Waals surface area contributed by atoms with Crippen molar-refractivity contribution in [1.29, 1.82) is 0 Å². The maximum Gasteiger partial charge on any atom is 0.150 e. The SMILES string of the molecule is Cc1cc(C(N)C2CCCC(S(C)(=O)=O)C2)ccc1Cl. The lowest BCUT2D eigenvalue weighted by molar-refractivity contribution is 0.309. The van der Waals surface area contributed by atoms with E-state index in [4.69, 9.17) is 17.3 Å². The van der Waals surface area contributed by atoms with Crippen LogP contribution in [0.4, 0.5) is 0 Å². The summed E-state index contributed by atoms with van der Waals surface area (Å²) in [7, 11) is -2.97. The van der Waals surface area contributed by atoms with E-state index in [1.54, 1.807) is 0 Å². The van der Waals surface area contributed by atoms with Crippen LogP contribution < -0.4 is 5.73 Å². The predicted octanol–water partition coefficient (Wildman–Crippen LogP) is 3.25. The third kappa shape index (κ3) is 3.54. The Bertz CT molecular complexity index is 586. The highest BCUT2D eigenvalue weighted by atomic mass is 35.5. The Balaban J connectivity index is 2.16. The topological polar surface area (TPSA) is 60.2 Å². The average Bonchev–Trinajstić information content (AvgIpc) is 2.40. The molecule has 2 N–H and O–H groups in total. The normalized spacial score (nSPS) is 25.4. The third-order valence-electron chi connectivity index (χ3n) is 4.35. The molecule has 0 bridgehead atoms. The maximum absolute atomic E-state index is 11.7. The number of halogens is 1. The van der Waals surface area contributed by atoms with Crippen molar-refractivity contribution in [3.05, 3.63) is 34.3 Å². The molecule has 112 valence electrons. The van der Waals surface area contributed by atoms with E-state index in [0.717, 1.165) is 35.4 Å². The molecule has 0 aromatic heterocycles. The van der Waals surface area contributed by atoms with Crippen LogP contribution >= 0.6 is 11.6 Å². The number of sulfone groups is 1. The number of hydrogen-bond donors (Lipinski definition) is 1. The van der Waals surface area contributed by atoms with Crippen LogP contribution in [-0.2, 0) is 9.84 Å². The van der Waals surface area contributed by atoms with Crippen molar-refractivity contribution in [3.8, 4) is 0 Å². The first-order valence-electron chi connectivity index (χ1n) is 6.99. The Hall–Kier alpha value is -0.580. The van der Waals surface area contributed by atoms with Crippen molar-refractivity contribution >= 4 is 21.4 Å². The second-order valence-corrected chi connectivity index (χ2v) is 8.65. The van der Waals surface area contributed by atoms with Gasteiger partial charge in [-0.2, -0.15) is 0 Å². The average molecular weight is 316 g/mol. The first kappa shape index (κ1) is 15.8. The van der Waals surface area contributed by atoms with Gasteiger partial charge < -0.3 is 5.73 Å². The monoisotopic (exact) mass is 315 g/mol. The highest BCUT2D eigenvalue weighted by Crippen LogP contribution is 2.36. The van der Waals surface area contributed by atoms with E-state index in [2.05, 4.69) is 0 Å². The van der Waals surface area contributed by atoms with Gasteiger partial charge in [-0.05, 0) is 49.3 Å². The summed E-state index contributed by atoms with van der Waals surface area (Å²) in [5.74, 6) is 0.226. The van der Waals surface area contributed by atoms with Gasteiger partial charge in [0.1, 0.15) is 9.84 Å². The van der Waals surface area contributed by atoms with Crippen LogP contribution in [-0.4, -0.2) is 19.9 Å². The van der Waals surface area contributed by atoms with Crippen LogP contribution in [0.5, 0.6) is 0 Å². The molecule has 20 heavy (non-hydrogen) atoms. The number of rotatable bonds is 3. The molecule has 3 atom stereocenters. The van der Waals surface area contributed by atoms with Crippen LogP contribution in [0.25, 0.3) is 0 Å². The molecular formula is C15H22ClNO2S. The predicted molar refractivity (Wildman–Crippen MR) is 83.7 cm³/mol. The zero-order chi connectivity index (χ0) is 14.9. The van der Waals surface area contributed by atoms with Gasteiger partial charge in [-0.15, -0.1) is 0 Å². The summed E-state index contributed by atoms with van der Waals surface area (Å²) in [6.45, 7) is 1.96. The van der Waals surface area contributed by atoms with Gasteiger partial charge in [0.2, 0.25) is 0 Å². The molecule has 0 heterocycles. The summed E-state index contributed by atoms with van der Waals surface area (Å²) in [6, 6.07) is 5.71. The van der Waals surface area contributed by atoms with E-state index in [0.29, 0.717) is 6.42 Å². The minimum atomic E-state index is -2.97. The van der Waals surface area contributed by atoms with Gasteiger partial charge in [0.05, 0.1) is 5.25 Å². The van der Waals surface area contributed by atoms with Gasteiger partial charge in [0.25, 0.3) is 0 Å². The summed E-state index contributed by atoms with van der Waals surface area (Å²) in [4.78, 5) is 0. The Labute approximate surface area is 126 Å². The number of nitrogens with two attached hydrogens (primary N) is 1. The number of benzene rings is 1. The molecule has 1 aromatic rings. The highest BCUT2D eigenvalue weighted by Gasteiger charge is 2.32. The molecule has 0 amide bonds. The fraction of sp³-hybridized carbons (Fsp3) is 0.600. The molecule has 3 unspecified atom stereocenters. The minimum Gasteiger partial charge on any atom is -0.324 e. The molecule has 1 aliphatic carbocycles. The molecule has 0 aliphatic heterocycles. The van der Waals surface area contributed by atoms with Crippen molar-refractivity contribution in [2.24, 2.45) is 11.7 Å². The van der Waals surface area contributed by atoms with Crippen molar-refractivity contribution in [1.82, 2.24) is 0 Å². The summed E-state index contributed by atoms with van der Waals surface area (Å²) in [5, 5.41) is 0.499. The third-order valence-corrected chi connectivity index (χ3v) is 6.41. The standard InChI is InChI=1S/C15H22ClNO2S/c1-10-8-12(6-7-14(10)16)15(17)11-4-3-5-13(9-11)20(2,18)19/h6-8,11,13,15H,3-5,9,17H2,1-2H3. The van der Waals surface area contributed by atoms with Crippen LogP contribution in [0, 0.1) is 12.8 Å². The number of hydrogen-bond acceptors (Lipinski definition) is 3. The molecule has 1 saturated carbocycles. The van der Waals surface area contributed by atoms with E-state index in [1.807, 2.05) is 25.1 Å². The summed E-state index contributed by atoms with van der Waals surface area (Å²) < 4.78 is 23.5. The van der Waals surface area contributed by atoms with E-state index >= 15 is 0 Å². The van der Waals surface area contributed by atoms with Gasteiger partial charge in [0, 0.05) is 17.3 Å². The molecule has 1 fully saturated rings. The lowest BCUT2D eigenvalue weighted by Gasteiger charge is -2.32. The van der Waals surface area contributed by atoms with E-state index < -0.39 is 9.84 Å². The molecule has 0 radical (unpaired) electrons. The second-order valence-electron chi connectivity index (χ2n) is 5.91. The minimum absolute atomic E-state index is 0.115. The summed E-state index contributed by atoms with van der Waals surface area (Å²) in [5.41, 5.74) is 8.41. The Morgan fingerprint density at radius 3 is 2.65 bits per heavy atom.